The van der Waals surface area contributed by atoms with Crippen molar-refractivity contribution in [3.63, 3.8) is 0 Å². The number of hydrogen-bond donors (Lipinski definition) is 2. The molecule has 3 fully saturated rings. The van der Waals surface area contributed by atoms with Crippen molar-refractivity contribution < 1.29 is 64.1 Å². The van der Waals surface area contributed by atoms with Crippen molar-refractivity contribution in [1.29, 1.82) is 0 Å². The van der Waals surface area contributed by atoms with Crippen molar-refractivity contribution in [1.82, 2.24) is 5.06 Å². The number of hydroxylamine groups is 2. The number of hydrogen-bond acceptors (Lipinski definition) is 7. The van der Waals surface area contributed by atoms with Crippen LogP contribution in [0.4, 0.5) is 4.79 Å². The number of aliphatic hydroxyl groups excluding tert-OH is 1. The van der Waals surface area contributed by atoms with Crippen LogP contribution in [0.3, 0.4) is 0 Å². The molecule has 1 amide bonds. The molecule has 2 aliphatic carbocycles. The predicted molar refractivity (Wildman–Crippen MR) is 68.8 cm³/mol. The fourth-order valence-electron chi connectivity index (χ4n) is 3.52. The minimum atomic E-state index is -3.23. The molecule has 0 spiro atoms. The number of aliphatic hydroxyl groups is 1. The molecule has 2 N–H and O–H groups in total. The Bertz CT molecular complexity index is 584. The summed E-state index contributed by atoms with van der Waals surface area (Å²) >= 11 is 0. The first kappa shape index (κ1) is 18.5. The van der Waals surface area contributed by atoms with E-state index in [4.69, 9.17) is 9.47 Å². The van der Waals surface area contributed by atoms with Crippen molar-refractivity contribution in [2.75, 3.05) is 25.2 Å². The molecule has 1 saturated heterocycles. The second kappa shape index (κ2) is 5.60. The van der Waals surface area contributed by atoms with E-state index < -0.39 is 27.1 Å². The van der Waals surface area contributed by atoms with Gasteiger partial charge in [-0.15, -0.1) is 0 Å². The number of amides is 1. The predicted octanol–water partition coefficient (Wildman–Crippen LogP) is -0.440. The molecule has 0 radical (unpaired) electrons. The fraction of sp³-hybridized carbons (Fsp3) is 0.833. The maximum Gasteiger partial charge on any atom is 0.431 e. The smallest absolute Gasteiger partial charge is 0.431 e. The normalized spacial score (nSPS) is 38.5. The summed E-state index contributed by atoms with van der Waals surface area (Å²) in [5, 5.41) is 20.0. The van der Waals surface area contributed by atoms with E-state index in [1.807, 2.05) is 6.92 Å². The van der Waals surface area contributed by atoms with Crippen molar-refractivity contribution >= 4 is 15.9 Å². The van der Waals surface area contributed by atoms with E-state index in [0.717, 1.165) is 6.26 Å². The van der Waals surface area contributed by atoms with Crippen LogP contribution in [0.15, 0.2) is 0 Å². The molecule has 4 unspecified atom stereocenters. The molecule has 1 aliphatic heterocycles. The Hall–Kier alpha value is 0.152. The van der Waals surface area contributed by atoms with Gasteiger partial charge in [0.25, 0.3) is 0 Å². The van der Waals surface area contributed by atoms with Gasteiger partial charge < -0.3 is 14.6 Å². The van der Waals surface area contributed by atoms with Crippen LogP contribution in [0.2, 0.25) is 0 Å². The van der Waals surface area contributed by atoms with Gasteiger partial charge >= 0.3 is 6.09 Å². The minimum Gasteiger partial charge on any atom is -0.540 e. The molecule has 10 heteroatoms. The third kappa shape index (κ3) is 2.52. The number of fused-ring (bicyclic) bond motifs is 3. The second-order valence-electron chi connectivity index (χ2n) is 6.06. The number of sulfone groups is 1. The van der Waals surface area contributed by atoms with Gasteiger partial charge in [0.05, 0.1) is 18.0 Å². The van der Waals surface area contributed by atoms with Gasteiger partial charge in [0.15, 0.2) is 9.84 Å². The topological polar surface area (TPSA) is 113 Å². The van der Waals surface area contributed by atoms with Crippen molar-refractivity contribution in [3.05, 3.63) is 6.10 Å². The van der Waals surface area contributed by atoms with Gasteiger partial charge in [-0.1, -0.05) is 6.92 Å². The Balaban J connectivity index is 0.00000176. The SMILES string of the molecule is CC1C2C1(CO)O[C-]1CC12N(O)C(=O)OCCS(C)(=O)=O.[U]. The molecule has 3 aliphatic rings. The average molecular weight is 558 g/mol. The number of rotatable bonds is 5. The van der Waals surface area contributed by atoms with Gasteiger partial charge in [0, 0.05) is 37.4 Å². The standard InChI is InChI=1S/C12H18NO7S.U/c1-7-9-11(5-8(11)20-12(7,9)6-14)13(16)10(15)19-3-4-21(2,17)18;/h7,9,14,16H,3-6H2,1-2H3;/q-1;. The van der Waals surface area contributed by atoms with Crippen molar-refractivity contribution in [2.24, 2.45) is 11.8 Å². The monoisotopic (exact) mass is 558 g/mol. The van der Waals surface area contributed by atoms with Crippen LogP contribution >= 0.6 is 0 Å². The molecule has 1 heterocycles. The van der Waals surface area contributed by atoms with E-state index in [9.17, 15) is 23.5 Å². The molecule has 22 heavy (non-hydrogen) atoms. The number of ether oxygens (including phenoxy) is 2. The first-order valence-electron chi connectivity index (χ1n) is 6.69. The largest absolute Gasteiger partial charge is 0.540 e. The Labute approximate surface area is 152 Å². The van der Waals surface area contributed by atoms with Crippen LogP contribution in [-0.2, 0) is 19.3 Å². The molecule has 0 bridgehead atoms. The van der Waals surface area contributed by atoms with Crippen LogP contribution in [0.1, 0.15) is 13.3 Å². The maximum atomic E-state index is 11.8. The van der Waals surface area contributed by atoms with E-state index in [1.165, 1.54) is 0 Å². The van der Waals surface area contributed by atoms with Crippen LogP contribution in [0.25, 0.3) is 0 Å². The van der Waals surface area contributed by atoms with Gasteiger partial charge in [-0.2, -0.15) is 12.5 Å². The summed E-state index contributed by atoms with van der Waals surface area (Å²) in [6, 6.07) is 0. The molecule has 0 aromatic heterocycles. The van der Waals surface area contributed by atoms with Crippen LogP contribution < -0.4 is 0 Å². The number of carbonyl (C=O) groups is 1. The molecular weight excluding hydrogens is 540 g/mol. The summed E-state index contributed by atoms with van der Waals surface area (Å²) in [5.74, 6) is -0.419. The Kier molecular flexibility index (Phi) is 4.71. The molecule has 4 atom stereocenters. The molecule has 8 nitrogen and oxygen atoms in total. The van der Waals surface area contributed by atoms with Gasteiger partial charge in [-0.05, 0) is 17.4 Å². The summed E-state index contributed by atoms with van der Waals surface area (Å²) in [4.78, 5) is 11.8. The van der Waals surface area contributed by atoms with Gasteiger partial charge in [-0.3, -0.25) is 5.21 Å². The zero-order valence-corrected chi connectivity index (χ0v) is 17.3. The summed E-state index contributed by atoms with van der Waals surface area (Å²) < 4.78 is 32.4. The second-order valence-corrected chi connectivity index (χ2v) is 8.32. The quantitative estimate of drug-likeness (QED) is 0.267. The van der Waals surface area contributed by atoms with Gasteiger partial charge in [0.1, 0.15) is 6.61 Å². The Morgan fingerprint density at radius 2 is 2.18 bits per heavy atom. The third-order valence-electron chi connectivity index (χ3n) is 4.78. The van der Waals surface area contributed by atoms with Gasteiger partial charge in [-0.25, -0.2) is 18.3 Å². The fourth-order valence-corrected chi connectivity index (χ4v) is 3.90. The maximum absolute atomic E-state index is 11.8. The van der Waals surface area contributed by atoms with Crippen LogP contribution in [-0.4, -0.2) is 66.3 Å². The molecule has 0 aromatic rings. The van der Waals surface area contributed by atoms with Crippen LogP contribution in [0, 0.1) is 49.1 Å². The Morgan fingerprint density at radius 1 is 1.55 bits per heavy atom. The van der Waals surface area contributed by atoms with E-state index in [0.29, 0.717) is 17.6 Å². The molecule has 2 saturated carbocycles. The van der Waals surface area contributed by atoms with Crippen molar-refractivity contribution in [3.8, 4) is 0 Å². The zero-order valence-electron chi connectivity index (χ0n) is 12.3. The van der Waals surface area contributed by atoms with E-state index in [-0.39, 0.29) is 61.9 Å². The first-order valence-corrected chi connectivity index (χ1v) is 8.75. The van der Waals surface area contributed by atoms with Gasteiger partial charge in [0.2, 0.25) is 0 Å². The summed E-state index contributed by atoms with van der Waals surface area (Å²) in [5.41, 5.74) is -1.61. The first-order chi connectivity index (χ1) is 9.69. The summed E-state index contributed by atoms with van der Waals surface area (Å²) in [7, 11) is -3.23. The molecule has 124 valence electrons. The van der Waals surface area contributed by atoms with E-state index >= 15 is 0 Å². The number of carbonyl (C=O) groups excluding carboxylic acids is 1. The molecular formula is C12H18NO7SU-. The minimum absolute atomic E-state index is 0. The average Bonchev–Trinajstić information content (AvgIpc) is 3.22. The van der Waals surface area contributed by atoms with Crippen molar-refractivity contribution in [2.45, 2.75) is 24.5 Å². The Morgan fingerprint density at radius 3 is 2.68 bits per heavy atom. The van der Waals surface area contributed by atoms with E-state index in [1.54, 1.807) is 0 Å². The third-order valence-corrected chi connectivity index (χ3v) is 5.69. The zero-order chi connectivity index (χ0) is 15.6. The molecule has 3 rings (SSSR count). The van der Waals surface area contributed by atoms with Crippen LogP contribution in [0.5, 0.6) is 0 Å². The summed E-state index contributed by atoms with van der Waals surface area (Å²) in [6.45, 7) is 1.41. The number of nitrogens with zero attached hydrogens (tertiary/aromatic N) is 1. The van der Waals surface area contributed by atoms with E-state index in [2.05, 4.69) is 0 Å². The summed E-state index contributed by atoms with van der Waals surface area (Å²) in [6.07, 6.45) is 1.03. The molecule has 0 aromatic carbocycles.